The number of halogens is 3. The van der Waals surface area contributed by atoms with Crippen molar-refractivity contribution in [1.29, 1.82) is 0 Å². The Morgan fingerprint density at radius 2 is 1.92 bits per heavy atom. The van der Waals surface area contributed by atoms with Crippen molar-refractivity contribution in [1.82, 2.24) is 4.98 Å². The molecule has 0 amide bonds. The molecule has 2 aromatic rings. The van der Waals surface area contributed by atoms with Crippen molar-refractivity contribution in [3.05, 3.63) is 35.3 Å². The van der Waals surface area contributed by atoms with Crippen molar-refractivity contribution in [2.75, 3.05) is 11.3 Å². The van der Waals surface area contributed by atoms with E-state index in [1.165, 1.54) is 5.38 Å². The van der Waals surface area contributed by atoms with Gasteiger partial charge < -0.3 is 9.47 Å². The van der Waals surface area contributed by atoms with Gasteiger partial charge in [-0.3, -0.25) is 9.52 Å². The lowest BCUT2D eigenvalue weighted by molar-refractivity contribution is -0.274. The Labute approximate surface area is 150 Å². The fourth-order valence-corrected chi connectivity index (χ4v) is 3.75. The van der Waals surface area contributed by atoms with Crippen molar-refractivity contribution >= 4 is 32.5 Å². The van der Waals surface area contributed by atoms with Crippen molar-refractivity contribution in [2.24, 2.45) is 0 Å². The quantitative estimate of drug-likeness (QED) is 0.706. The van der Waals surface area contributed by atoms with E-state index >= 15 is 0 Å². The second-order valence-corrected chi connectivity index (χ2v) is 7.29. The van der Waals surface area contributed by atoms with E-state index < -0.39 is 28.1 Å². The number of anilines is 1. The lowest BCUT2D eigenvalue weighted by Crippen LogP contribution is -2.17. The summed E-state index contributed by atoms with van der Waals surface area (Å²) in [5.74, 6) is -1.03. The van der Waals surface area contributed by atoms with Crippen LogP contribution in [-0.2, 0) is 26.0 Å². The average Bonchev–Trinajstić information content (AvgIpc) is 2.92. The van der Waals surface area contributed by atoms with Crippen LogP contribution in [0.25, 0.3) is 0 Å². The lowest BCUT2D eigenvalue weighted by atomic mass is 10.3. The van der Waals surface area contributed by atoms with Gasteiger partial charge in [-0.15, -0.1) is 24.5 Å². The van der Waals surface area contributed by atoms with Crippen LogP contribution in [0.5, 0.6) is 5.75 Å². The summed E-state index contributed by atoms with van der Waals surface area (Å²) in [6.07, 6.45) is -4.97. The van der Waals surface area contributed by atoms with Gasteiger partial charge in [-0.05, 0) is 31.2 Å². The first-order chi connectivity index (χ1) is 12.1. The number of esters is 1. The summed E-state index contributed by atoms with van der Waals surface area (Å²) in [5, 5.41) is 1.51. The van der Waals surface area contributed by atoms with Crippen LogP contribution in [-0.4, -0.2) is 32.3 Å². The van der Waals surface area contributed by atoms with E-state index in [2.05, 4.69) is 14.4 Å². The van der Waals surface area contributed by atoms with Crippen molar-refractivity contribution in [2.45, 2.75) is 24.6 Å². The monoisotopic (exact) mass is 410 g/mol. The maximum absolute atomic E-state index is 12.2. The summed E-state index contributed by atoms with van der Waals surface area (Å²) >= 11 is 0.960. The molecule has 0 aliphatic rings. The zero-order chi connectivity index (χ0) is 19.4. The van der Waals surface area contributed by atoms with Gasteiger partial charge in [-0.25, -0.2) is 13.4 Å². The minimum absolute atomic E-state index is 0.0138. The van der Waals surface area contributed by atoms with E-state index in [-0.39, 0.29) is 23.1 Å². The molecule has 1 heterocycles. The number of hydrogen-bond acceptors (Lipinski definition) is 7. The highest BCUT2D eigenvalue weighted by Crippen LogP contribution is 2.25. The number of nitrogens with one attached hydrogen (secondary N) is 1. The first kappa shape index (κ1) is 20.0. The number of carbonyl (C=O) groups is 1. The molecule has 2 rings (SSSR count). The fourth-order valence-electron chi connectivity index (χ4n) is 1.79. The van der Waals surface area contributed by atoms with Crippen LogP contribution >= 0.6 is 11.3 Å². The predicted octanol–water partition coefficient (Wildman–Crippen LogP) is 2.95. The summed E-state index contributed by atoms with van der Waals surface area (Å²) < 4.78 is 71.4. The molecule has 0 saturated carbocycles. The number of hydrogen-bond donors (Lipinski definition) is 1. The highest BCUT2D eigenvalue weighted by atomic mass is 32.2. The Balaban J connectivity index is 2.06. The summed E-state index contributed by atoms with van der Waals surface area (Å²) in [4.78, 5) is 15.1. The molecule has 0 aliphatic heterocycles. The SMILES string of the molecule is CCOC(=O)Cc1csc(NS(=O)(=O)c2ccc(OC(F)(F)F)cc2)n1. The van der Waals surface area contributed by atoms with E-state index in [0.717, 1.165) is 35.6 Å². The summed E-state index contributed by atoms with van der Waals surface area (Å²) in [7, 11) is -4.05. The third-order valence-electron chi connectivity index (χ3n) is 2.77. The number of ether oxygens (including phenoxy) is 2. The normalized spacial score (nSPS) is 11.8. The highest BCUT2D eigenvalue weighted by molar-refractivity contribution is 7.93. The number of alkyl halides is 3. The van der Waals surface area contributed by atoms with Crippen LogP contribution in [0.15, 0.2) is 34.5 Å². The van der Waals surface area contributed by atoms with Gasteiger partial charge in [-0.2, -0.15) is 0 Å². The Hall–Kier alpha value is -2.34. The maximum atomic E-state index is 12.2. The Morgan fingerprint density at radius 3 is 2.50 bits per heavy atom. The standard InChI is InChI=1S/C14H13F3N2O5S2/c1-2-23-12(20)7-9-8-25-13(18-9)19-26(21,22)11-5-3-10(4-6-11)24-14(15,16)17/h3-6,8H,2,7H2,1H3,(H,18,19). The molecule has 0 fully saturated rings. The fraction of sp³-hybridized carbons (Fsp3) is 0.286. The first-order valence-electron chi connectivity index (χ1n) is 7.07. The van der Waals surface area contributed by atoms with Gasteiger partial charge in [0.1, 0.15) is 5.75 Å². The largest absolute Gasteiger partial charge is 0.573 e. The van der Waals surface area contributed by atoms with Gasteiger partial charge in [0.25, 0.3) is 10.0 Å². The summed E-state index contributed by atoms with van der Waals surface area (Å²) in [6, 6.07) is 3.71. The van der Waals surface area contributed by atoms with Crippen molar-refractivity contribution in [3.8, 4) is 5.75 Å². The van der Waals surface area contributed by atoms with E-state index in [9.17, 15) is 26.4 Å². The molecule has 0 bridgehead atoms. The predicted molar refractivity (Wildman–Crippen MR) is 86.4 cm³/mol. The van der Waals surface area contributed by atoms with Gasteiger partial charge in [-0.1, -0.05) is 0 Å². The molecule has 0 radical (unpaired) electrons. The molecule has 0 atom stereocenters. The molecule has 0 unspecified atom stereocenters. The molecule has 1 aromatic carbocycles. The van der Waals surface area contributed by atoms with Gasteiger partial charge in [0.05, 0.1) is 23.6 Å². The van der Waals surface area contributed by atoms with E-state index in [4.69, 9.17) is 4.74 Å². The number of benzene rings is 1. The molecular weight excluding hydrogens is 397 g/mol. The number of carbonyl (C=O) groups excluding carboxylic acids is 1. The second-order valence-electron chi connectivity index (χ2n) is 4.75. The Bertz CT molecular complexity index is 863. The Kier molecular flexibility index (Phi) is 6.08. The molecule has 1 aromatic heterocycles. The zero-order valence-electron chi connectivity index (χ0n) is 13.2. The van der Waals surface area contributed by atoms with Gasteiger partial charge in [0.15, 0.2) is 5.13 Å². The number of nitrogens with zero attached hydrogens (tertiary/aromatic N) is 1. The van der Waals surface area contributed by atoms with Gasteiger partial charge in [0, 0.05) is 5.38 Å². The molecule has 0 spiro atoms. The van der Waals surface area contributed by atoms with Crippen molar-refractivity contribution in [3.63, 3.8) is 0 Å². The first-order valence-corrected chi connectivity index (χ1v) is 9.44. The van der Waals surface area contributed by atoms with E-state index in [0.29, 0.717) is 5.69 Å². The molecule has 0 aliphatic carbocycles. The van der Waals surface area contributed by atoms with Crippen molar-refractivity contribution < 1.29 is 35.9 Å². The molecule has 0 saturated heterocycles. The van der Waals surface area contributed by atoms with E-state index in [1.54, 1.807) is 6.92 Å². The topological polar surface area (TPSA) is 94.6 Å². The molecule has 1 N–H and O–H groups in total. The maximum Gasteiger partial charge on any atom is 0.573 e. The molecule has 12 heteroatoms. The molecule has 142 valence electrons. The number of thiazole rings is 1. The van der Waals surface area contributed by atoms with Crippen LogP contribution < -0.4 is 9.46 Å². The Morgan fingerprint density at radius 1 is 1.27 bits per heavy atom. The molecule has 26 heavy (non-hydrogen) atoms. The lowest BCUT2D eigenvalue weighted by Gasteiger charge is -2.09. The third kappa shape index (κ3) is 5.88. The average molecular weight is 410 g/mol. The number of aromatic nitrogens is 1. The van der Waals surface area contributed by atoms with Crippen LogP contribution in [0.2, 0.25) is 0 Å². The minimum Gasteiger partial charge on any atom is -0.466 e. The van der Waals surface area contributed by atoms with Crippen LogP contribution in [0.4, 0.5) is 18.3 Å². The minimum atomic E-state index is -4.87. The summed E-state index contributed by atoms with van der Waals surface area (Å²) in [5.41, 5.74) is 0.333. The van der Waals surface area contributed by atoms with Gasteiger partial charge in [0.2, 0.25) is 0 Å². The molecular formula is C14H13F3N2O5S2. The van der Waals surface area contributed by atoms with Crippen LogP contribution in [0.3, 0.4) is 0 Å². The highest BCUT2D eigenvalue weighted by Gasteiger charge is 2.31. The second kappa shape index (κ2) is 7.91. The zero-order valence-corrected chi connectivity index (χ0v) is 14.9. The van der Waals surface area contributed by atoms with Crippen LogP contribution in [0, 0.1) is 0 Å². The smallest absolute Gasteiger partial charge is 0.466 e. The summed E-state index contributed by atoms with van der Waals surface area (Å²) in [6.45, 7) is 1.88. The number of rotatable bonds is 7. The van der Waals surface area contributed by atoms with E-state index in [1.807, 2.05) is 0 Å². The van der Waals surface area contributed by atoms with Crippen LogP contribution in [0.1, 0.15) is 12.6 Å². The number of sulfonamides is 1. The third-order valence-corrected chi connectivity index (χ3v) is 5.06. The molecule has 7 nitrogen and oxygen atoms in total. The van der Waals surface area contributed by atoms with Gasteiger partial charge >= 0.3 is 12.3 Å².